The van der Waals surface area contributed by atoms with Crippen LogP contribution in [-0.2, 0) is 11.3 Å². The molecular formula is C21H26BrClN6O4. The average Bonchev–Trinajstić information content (AvgIpc) is 3.21. The molecule has 0 spiro atoms. The minimum absolute atomic E-state index is 0.0929. The Kier molecular flexibility index (Phi) is 7.96. The van der Waals surface area contributed by atoms with Gasteiger partial charge < -0.3 is 20.3 Å². The number of hydrogen-bond donors (Lipinski definition) is 2. The van der Waals surface area contributed by atoms with Crippen molar-refractivity contribution in [1.29, 1.82) is 0 Å². The normalized spacial score (nSPS) is 15.9. The van der Waals surface area contributed by atoms with E-state index in [0.717, 1.165) is 16.5 Å². The third-order valence-corrected chi connectivity index (χ3v) is 5.77. The number of nitrogens with zero attached hydrogens (tertiary/aromatic N) is 4. The summed E-state index contributed by atoms with van der Waals surface area (Å²) in [6.45, 7) is 7.45. The molecule has 33 heavy (non-hydrogen) atoms. The van der Waals surface area contributed by atoms with Gasteiger partial charge in [-0.15, -0.1) is 0 Å². The quantitative estimate of drug-likeness (QED) is 0.367. The number of rotatable bonds is 7. The lowest BCUT2D eigenvalue weighted by Crippen LogP contribution is -2.35. The summed E-state index contributed by atoms with van der Waals surface area (Å²) < 4.78 is 6.27. The molecule has 1 aliphatic rings. The molecule has 1 saturated heterocycles. The first-order chi connectivity index (χ1) is 15.5. The van der Waals surface area contributed by atoms with Crippen molar-refractivity contribution >= 4 is 51.1 Å². The molecule has 1 aromatic heterocycles. The highest BCUT2D eigenvalue weighted by Crippen LogP contribution is 2.26. The van der Waals surface area contributed by atoms with Gasteiger partial charge in [-0.3, -0.25) is 10.1 Å². The second-order valence-electron chi connectivity index (χ2n) is 8.74. The van der Waals surface area contributed by atoms with Gasteiger partial charge in [-0.2, -0.15) is 4.98 Å². The van der Waals surface area contributed by atoms with E-state index < -0.39 is 10.5 Å². The lowest BCUT2D eigenvalue weighted by atomic mass is 10.1. The Morgan fingerprint density at radius 2 is 2.15 bits per heavy atom. The summed E-state index contributed by atoms with van der Waals surface area (Å²) in [5.41, 5.74) is -0.00555. The third-order valence-electron chi connectivity index (χ3n) is 4.91. The number of likely N-dealkylation sites (tertiary alicyclic amines) is 1. The van der Waals surface area contributed by atoms with Crippen LogP contribution in [0.3, 0.4) is 0 Å². The molecule has 1 aromatic carbocycles. The first-order valence-corrected chi connectivity index (χ1v) is 11.6. The summed E-state index contributed by atoms with van der Waals surface area (Å²) >= 11 is 9.60. The standard InChI is InChI=1S/C21H26BrClN6O4/c1-21(2,3)33-20(30)28-7-6-13(12-28)9-25-19-26-11-17(29(31)32)18(27-19)24-10-14-8-15(22)4-5-16(14)23/h4-5,8,11,13H,6-7,9-10,12H2,1-3H3,(H2,24,25,26,27). The molecule has 1 amide bonds. The molecule has 1 atom stereocenters. The lowest BCUT2D eigenvalue weighted by Gasteiger charge is -2.24. The van der Waals surface area contributed by atoms with Crippen LogP contribution in [0.1, 0.15) is 32.8 Å². The van der Waals surface area contributed by atoms with Crippen LogP contribution in [0.25, 0.3) is 0 Å². The molecule has 1 aliphatic heterocycles. The SMILES string of the molecule is CC(C)(C)OC(=O)N1CCC(CNc2ncc([N+](=O)[O-])c(NCc3cc(Br)ccc3Cl)n2)C1. The maximum Gasteiger partial charge on any atom is 0.410 e. The van der Waals surface area contributed by atoms with Crippen molar-refractivity contribution in [2.75, 3.05) is 30.3 Å². The highest BCUT2D eigenvalue weighted by Gasteiger charge is 2.30. The second kappa shape index (κ2) is 10.5. The Morgan fingerprint density at radius 1 is 1.39 bits per heavy atom. The zero-order valence-electron chi connectivity index (χ0n) is 18.6. The highest BCUT2D eigenvalue weighted by molar-refractivity contribution is 9.10. The maximum absolute atomic E-state index is 12.2. The minimum Gasteiger partial charge on any atom is -0.444 e. The lowest BCUT2D eigenvalue weighted by molar-refractivity contribution is -0.384. The van der Waals surface area contributed by atoms with Crippen molar-refractivity contribution < 1.29 is 14.5 Å². The van der Waals surface area contributed by atoms with Gasteiger partial charge in [-0.25, -0.2) is 9.78 Å². The fraction of sp³-hybridized carbons (Fsp3) is 0.476. The molecule has 10 nitrogen and oxygen atoms in total. The predicted molar refractivity (Wildman–Crippen MR) is 130 cm³/mol. The molecule has 0 bridgehead atoms. The molecule has 2 aromatic rings. The van der Waals surface area contributed by atoms with Gasteiger partial charge in [0.1, 0.15) is 11.8 Å². The van der Waals surface area contributed by atoms with Gasteiger partial charge in [0, 0.05) is 35.7 Å². The Balaban J connectivity index is 1.62. The van der Waals surface area contributed by atoms with Crippen LogP contribution in [0.5, 0.6) is 0 Å². The minimum atomic E-state index is -0.538. The molecule has 3 rings (SSSR count). The van der Waals surface area contributed by atoms with Gasteiger partial charge in [0.05, 0.1) is 4.92 Å². The number of benzene rings is 1. The Labute approximate surface area is 205 Å². The van der Waals surface area contributed by atoms with E-state index in [1.807, 2.05) is 32.9 Å². The number of anilines is 2. The van der Waals surface area contributed by atoms with Gasteiger partial charge in [-0.05, 0) is 56.9 Å². The Bertz CT molecular complexity index is 1030. The summed E-state index contributed by atoms with van der Waals surface area (Å²) in [5.74, 6) is 0.544. The van der Waals surface area contributed by atoms with Crippen molar-refractivity contribution in [2.24, 2.45) is 5.92 Å². The fourth-order valence-electron chi connectivity index (χ4n) is 3.31. The molecule has 2 N–H and O–H groups in total. The monoisotopic (exact) mass is 540 g/mol. The van der Waals surface area contributed by atoms with E-state index >= 15 is 0 Å². The van der Waals surface area contributed by atoms with Crippen molar-refractivity contribution in [3.05, 3.63) is 49.6 Å². The van der Waals surface area contributed by atoms with Crippen LogP contribution in [0, 0.1) is 16.0 Å². The van der Waals surface area contributed by atoms with Crippen molar-refractivity contribution in [2.45, 2.75) is 39.3 Å². The number of aromatic nitrogens is 2. The number of carbonyl (C=O) groups excluding carboxylic acids is 1. The predicted octanol–water partition coefficient (Wildman–Crippen LogP) is 5.08. The molecule has 0 saturated carbocycles. The molecule has 0 radical (unpaired) electrons. The molecule has 0 aliphatic carbocycles. The van der Waals surface area contributed by atoms with Crippen LogP contribution in [0.4, 0.5) is 22.2 Å². The number of ether oxygens (including phenoxy) is 1. The summed E-state index contributed by atoms with van der Waals surface area (Å²) in [7, 11) is 0. The van der Waals surface area contributed by atoms with Crippen LogP contribution in [-0.4, -0.2) is 51.1 Å². The highest BCUT2D eigenvalue weighted by atomic mass is 79.9. The fourth-order valence-corrected chi connectivity index (χ4v) is 3.90. The number of amides is 1. The molecule has 1 fully saturated rings. The smallest absolute Gasteiger partial charge is 0.410 e. The molecular weight excluding hydrogens is 516 g/mol. The van der Waals surface area contributed by atoms with Gasteiger partial charge in [0.2, 0.25) is 11.8 Å². The molecule has 1 unspecified atom stereocenters. The second-order valence-corrected chi connectivity index (χ2v) is 10.1. The van der Waals surface area contributed by atoms with E-state index in [-0.39, 0.29) is 36.0 Å². The van der Waals surface area contributed by atoms with Gasteiger partial charge >= 0.3 is 11.8 Å². The average molecular weight is 542 g/mol. The number of carbonyl (C=O) groups is 1. The van der Waals surface area contributed by atoms with Crippen LogP contribution >= 0.6 is 27.5 Å². The van der Waals surface area contributed by atoms with Crippen molar-refractivity contribution in [1.82, 2.24) is 14.9 Å². The number of nitrogens with one attached hydrogen (secondary N) is 2. The molecule has 12 heteroatoms. The topological polar surface area (TPSA) is 123 Å². The molecule has 178 valence electrons. The number of nitro groups is 1. The van der Waals surface area contributed by atoms with Crippen LogP contribution in [0.2, 0.25) is 5.02 Å². The number of hydrogen-bond acceptors (Lipinski definition) is 8. The summed E-state index contributed by atoms with van der Waals surface area (Å²) in [5, 5.41) is 18.1. The van der Waals surface area contributed by atoms with Gasteiger partial charge in [0.25, 0.3) is 0 Å². The van der Waals surface area contributed by atoms with Crippen LogP contribution < -0.4 is 10.6 Å². The Morgan fingerprint density at radius 3 is 2.85 bits per heavy atom. The Hall–Kier alpha value is -2.66. The largest absolute Gasteiger partial charge is 0.444 e. The van der Waals surface area contributed by atoms with E-state index in [0.29, 0.717) is 24.7 Å². The van der Waals surface area contributed by atoms with E-state index in [1.54, 1.807) is 11.0 Å². The third kappa shape index (κ3) is 7.16. The van der Waals surface area contributed by atoms with Crippen molar-refractivity contribution in [3.63, 3.8) is 0 Å². The maximum atomic E-state index is 12.2. The summed E-state index contributed by atoms with van der Waals surface area (Å²) in [6, 6.07) is 5.39. The van der Waals surface area contributed by atoms with Crippen molar-refractivity contribution in [3.8, 4) is 0 Å². The zero-order chi connectivity index (χ0) is 24.2. The first kappa shape index (κ1) is 25.0. The molecule has 2 heterocycles. The van der Waals surface area contributed by atoms with E-state index in [9.17, 15) is 14.9 Å². The summed E-state index contributed by atoms with van der Waals surface area (Å²) in [4.78, 5) is 33.2. The summed E-state index contributed by atoms with van der Waals surface area (Å²) in [6.07, 6.45) is 1.65. The number of halogens is 2. The van der Waals surface area contributed by atoms with Gasteiger partial charge in [0.15, 0.2) is 0 Å². The van der Waals surface area contributed by atoms with Gasteiger partial charge in [-0.1, -0.05) is 27.5 Å². The van der Waals surface area contributed by atoms with Crippen LogP contribution in [0.15, 0.2) is 28.9 Å². The van der Waals surface area contributed by atoms with E-state index in [2.05, 4.69) is 36.5 Å². The first-order valence-electron chi connectivity index (χ1n) is 10.4. The van der Waals surface area contributed by atoms with E-state index in [1.165, 1.54) is 6.20 Å². The van der Waals surface area contributed by atoms with E-state index in [4.69, 9.17) is 16.3 Å². The zero-order valence-corrected chi connectivity index (χ0v) is 20.9.